The molecule has 1 saturated heterocycles. The van der Waals surface area contributed by atoms with Crippen molar-refractivity contribution >= 4 is 0 Å². The Morgan fingerprint density at radius 1 is 1.21 bits per heavy atom. The summed E-state index contributed by atoms with van der Waals surface area (Å²) in [7, 11) is 0. The largest absolute Gasteiger partial charge is 0.390 e. The Kier molecular flexibility index (Phi) is 5.33. The molecule has 0 aromatic heterocycles. The molecule has 0 spiro atoms. The molecular weight excluding hydrogens is 244 g/mol. The van der Waals surface area contributed by atoms with Crippen LogP contribution in [0.15, 0.2) is 23.8 Å². The molecule has 4 nitrogen and oxygen atoms in total. The van der Waals surface area contributed by atoms with Gasteiger partial charge in [0.25, 0.3) is 0 Å². The first-order valence-corrected chi connectivity index (χ1v) is 6.63. The molecule has 1 fully saturated rings. The van der Waals surface area contributed by atoms with Gasteiger partial charge in [-0.1, -0.05) is 17.2 Å². The van der Waals surface area contributed by atoms with Gasteiger partial charge in [0.1, 0.15) is 18.3 Å². The fraction of sp³-hybridized carbons (Fsp3) is 0.733. The summed E-state index contributed by atoms with van der Waals surface area (Å²) < 4.78 is 11.4. The van der Waals surface area contributed by atoms with Crippen molar-refractivity contribution in [3.05, 3.63) is 23.8 Å². The van der Waals surface area contributed by atoms with Crippen LogP contribution < -0.4 is 0 Å². The summed E-state index contributed by atoms with van der Waals surface area (Å²) in [5, 5.41) is 20.4. The van der Waals surface area contributed by atoms with Crippen molar-refractivity contribution in [1.29, 1.82) is 0 Å². The second-order valence-electron chi connectivity index (χ2n) is 6.03. The second kappa shape index (κ2) is 6.18. The highest BCUT2D eigenvalue weighted by Crippen LogP contribution is 2.33. The maximum Gasteiger partial charge on any atom is 0.164 e. The quantitative estimate of drug-likeness (QED) is 0.752. The van der Waals surface area contributed by atoms with Crippen LogP contribution >= 0.6 is 0 Å². The summed E-state index contributed by atoms with van der Waals surface area (Å²) >= 11 is 0. The maximum atomic E-state index is 10.2. The van der Waals surface area contributed by atoms with E-state index >= 15 is 0 Å². The highest BCUT2D eigenvalue weighted by molar-refractivity contribution is 5.06. The van der Waals surface area contributed by atoms with Gasteiger partial charge in [-0.3, -0.25) is 0 Å². The Balaban J connectivity index is 2.86. The van der Waals surface area contributed by atoms with Crippen LogP contribution in [-0.2, 0) is 9.47 Å². The van der Waals surface area contributed by atoms with E-state index in [0.29, 0.717) is 6.42 Å². The lowest BCUT2D eigenvalue weighted by atomic mass is 9.98. The molecule has 0 amide bonds. The predicted octanol–water partition coefficient (Wildman–Crippen LogP) is 2.16. The van der Waals surface area contributed by atoms with Crippen LogP contribution in [0.2, 0.25) is 0 Å². The van der Waals surface area contributed by atoms with Gasteiger partial charge in [0.15, 0.2) is 5.79 Å². The molecule has 1 aliphatic heterocycles. The molecule has 4 atom stereocenters. The van der Waals surface area contributed by atoms with Gasteiger partial charge in [0.2, 0.25) is 0 Å². The van der Waals surface area contributed by atoms with Gasteiger partial charge < -0.3 is 19.7 Å². The molecule has 1 rings (SSSR count). The number of aliphatic hydroxyl groups is 2. The third kappa shape index (κ3) is 4.73. The number of hydrogen-bond acceptors (Lipinski definition) is 4. The smallest absolute Gasteiger partial charge is 0.164 e. The van der Waals surface area contributed by atoms with Crippen molar-refractivity contribution in [1.82, 2.24) is 0 Å². The summed E-state index contributed by atoms with van der Waals surface area (Å²) in [6.45, 7) is 13.0. The molecule has 19 heavy (non-hydrogen) atoms. The minimum atomic E-state index is -0.804. The highest BCUT2D eigenvalue weighted by Gasteiger charge is 2.47. The molecule has 0 bridgehead atoms. The first-order chi connectivity index (χ1) is 8.62. The summed E-state index contributed by atoms with van der Waals surface area (Å²) in [6, 6.07) is 0. The van der Waals surface area contributed by atoms with Crippen LogP contribution in [0.25, 0.3) is 0 Å². The molecule has 0 radical (unpaired) electrons. The van der Waals surface area contributed by atoms with E-state index in [0.717, 1.165) is 11.1 Å². The van der Waals surface area contributed by atoms with E-state index < -0.39 is 30.2 Å². The molecule has 0 aromatic carbocycles. The minimum absolute atomic E-state index is 0.433. The van der Waals surface area contributed by atoms with Crippen molar-refractivity contribution in [3.63, 3.8) is 0 Å². The lowest BCUT2D eigenvalue weighted by Gasteiger charge is -2.24. The fourth-order valence-corrected chi connectivity index (χ4v) is 2.29. The third-order valence-electron chi connectivity index (χ3n) is 2.94. The van der Waals surface area contributed by atoms with Crippen molar-refractivity contribution < 1.29 is 19.7 Å². The predicted molar refractivity (Wildman–Crippen MR) is 74.7 cm³/mol. The molecule has 2 N–H and O–H groups in total. The van der Waals surface area contributed by atoms with Crippen LogP contribution in [0.3, 0.4) is 0 Å². The summed E-state index contributed by atoms with van der Waals surface area (Å²) in [6.07, 6.45) is -0.504. The summed E-state index contributed by atoms with van der Waals surface area (Å²) in [5.41, 5.74) is 1.87. The SMILES string of the molecule is C=C(C)C[C@@H](O)[C@H]1OC(C)(C)O[C@@H]1[C@H](O)C=C(C)C. The average Bonchev–Trinajstić information content (AvgIpc) is 2.52. The number of ether oxygens (including phenoxy) is 2. The Morgan fingerprint density at radius 2 is 1.74 bits per heavy atom. The van der Waals surface area contributed by atoms with Gasteiger partial charge in [0, 0.05) is 0 Å². The molecule has 0 aliphatic carbocycles. The molecular formula is C15H26O4. The summed E-state index contributed by atoms with van der Waals surface area (Å²) in [5.74, 6) is -0.804. The lowest BCUT2D eigenvalue weighted by molar-refractivity contribution is -0.158. The van der Waals surface area contributed by atoms with E-state index in [1.54, 1.807) is 19.9 Å². The fourth-order valence-electron chi connectivity index (χ4n) is 2.29. The lowest BCUT2D eigenvalue weighted by Crippen LogP contribution is -2.41. The Labute approximate surface area is 115 Å². The van der Waals surface area contributed by atoms with Gasteiger partial charge in [-0.25, -0.2) is 0 Å². The van der Waals surface area contributed by atoms with Gasteiger partial charge >= 0.3 is 0 Å². The zero-order chi connectivity index (χ0) is 14.8. The number of aliphatic hydroxyl groups excluding tert-OH is 2. The topological polar surface area (TPSA) is 58.9 Å². The van der Waals surface area contributed by atoms with E-state index in [2.05, 4.69) is 6.58 Å². The van der Waals surface area contributed by atoms with E-state index in [1.165, 1.54) is 0 Å². The van der Waals surface area contributed by atoms with Crippen LogP contribution in [0, 0.1) is 0 Å². The monoisotopic (exact) mass is 270 g/mol. The molecule has 110 valence electrons. The number of allylic oxidation sites excluding steroid dienone is 1. The zero-order valence-electron chi connectivity index (χ0n) is 12.5. The highest BCUT2D eigenvalue weighted by atomic mass is 16.8. The molecule has 1 aliphatic rings. The third-order valence-corrected chi connectivity index (χ3v) is 2.94. The Morgan fingerprint density at radius 3 is 2.21 bits per heavy atom. The Hall–Kier alpha value is -0.680. The van der Waals surface area contributed by atoms with Crippen LogP contribution in [0.5, 0.6) is 0 Å². The van der Waals surface area contributed by atoms with Crippen LogP contribution in [0.1, 0.15) is 41.0 Å². The summed E-state index contributed by atoms with van der Waals surface area (Å²) in [4.78, 5) is 0. The van der Waals surface area contributed by atoms with Crippen LogP contribution in [-0.4, -0.2) is 40.4 Å². The van der Waals surface area contributed by atoms with Crippen molar-refractivity contribution in [2.45, 2.75) is 71.2 Å². The van der Waals surface area contributed by atoms with Gasteiger partial charge in [-0.05, 0) is 41.0 Å². The van der Waals surface area contributed by atoms with E-state index in [9.17, 15) is 10.2 Å². The molecule has 0 saturated carbocycles. The molecule has 1 heterocycles. The average molecular weight is 270 g/mol. The normalized spacial score (nSPS) is 28.8. The number of hydrogen-bond donors (Lipinski definition) is 2. The van der Waals surface area contributed by atoms with Gasteiger partial charge in [-0.2, -0.15) is 0 Å². The van der Waals surface area contributed by atoms with Crippen molar-refractivity contribution in [3.8, 4) is 0 Å². The first kappa shape index (κ1) is 16.4. The minimum Gasteiger partial charge on any atom is -0.390 e. The Bertz CT molecular complexity index is 355. The van der Waals surface area contributed by atoms with Crippen molar-refractivity contribution in [2.75, 3.05) is 0 Å². The zero-order valence-corrected chi connectivity index (χ0v) is 12.5. The van der Waals surface area contributed by atoms with Gasteiger partial charge in [0.05, 0.1) is 6.10 Å². The van der Waals surface area contributed by atoms with E-state index in [-0.39, 0.29) is 0 Å². The van der Waals surface area contributed by atoms with Crippen molar-refractivity contribution in [2.24, 2.45) is 0 Å². The number of rotatable bonds is 5. The van der Waals surface area contributed by atoms with Crippen LogP contribution in [0.4, 0.5) is 0 Å². The maximum absolute atomic E-state index is 10.2. The molecule has 0 aromatic rings. The second-order valence-corrected chi connectivity index (χ2v) is 6.03. The van der Waals surface area contributed by atoms with E-state index in [4.69, 9.17) is 9.47 Å². The molecule has 0 unspecified atom stereocenters. The molecule has 4 heteroatoms. The first-order valence-electron chi connectivity index (χ1n) is 6.63. The van der Waals surface area contributed by atoms with Gasteiger partial charge in [-0.15, -0.1) is 6.58 Å². The van der Waals surface area contributed by atoms with E-state index in [1.807, 2.05) is 20.8 Å². The standard InChI is InChI=1S/C15H26O4/c1-9(2)7-11(16)13-14(12(17)8-10(3)4)19-15(5,6)18-13/h8,11-14,16-17H,1,7H2,2-6H3/t11-,12-,13-,14-/m1/s1.